The minimum absolute atomic E-state index is 0.0180. The summed E-state index contributed by atoms with van der Waals surface area (Å²) in [4.78, 5) is 7.18. The number of anilines is 2. The van der Waals surface area contributed by atoms with Gasteiger partial charge in [0.25, 0.3) is 10.0 Å². The normalized spacial score (nSPS) is 11.4. The van der Waals surface area contributed by atoms with E-state index in [-0.39, 0.29) is 10.8 Å². The number of hydrogen-bond donors (Lipinski definition) is 2. The van der Waals surface area contributed by atoms with Crippen molar-refractivity contribution in [2.45, 2.75) is 4.90 Å². The third-order valence-electron chi connectivity index (χ3n) is 2.02. The van der Waals surface area contributed by atoms with Gasteiger partial charge in [0.05, 0.1) is 18.6 Å². The van der Waals surface area contributed by atoms with Gasteiger partial charge in [-0.05, 0) is 0 Å². The van der Waals surface area contributed by atoms with Crippen molar-refractivity contribution < 1.29 is 8.42 Å². The molecule has 0 aliphatic heterocycles. The molecule has 2 aromatic rings. The number of sulfonamides is 1. The fourth-order valence-electron chi connectivity index (χ4n) is 1.14. The van der Waals surface area contributed by atoms with Crippen molar-refractivity contribution in [2.75, 3.05) is 10.5 Å². The molecule has 0 aliphatic carbocycles. The van der Waals surface area contributed by atoms with Crippen molar-refractivity contribution >= 4 is 21.8 Å². The Morgan fingerprint density at radius 3 is 2.53 bits per heavy atom. The Bertz CT molecular complexity index is 618. The van der Waals surface area contributed by atoms with E-state index in [2.05, 4.69) is 19.8 Å². The van der Waals surface area contributed by atoms with E-state index in [4.69, 9.17) is 5.73 Å². The van der Waals surface area contributed by atoms with Gasteiger partial charge >= 0.3 is 0 Å². The third kappa shape index (κ3) is 2.33. The summed E-state index contributed by atoms with van der Waals surface area (Å²) in [5.41, 5.74) is 5.28. The molecule has 2 heterocycles. The fourth-order valence-corrected chi connectivity index (χ4v) is 2.11. The summed E-state index contributed by atoms with van der Waals surface area (Å²) < 4.78 is 27.5. The minimum Gasteiger partial charge on any atom is -0.368 e. The van der Waals surface area contributed by atoms with Crippen LogP contribution in [0.25, 0.3) is 0 Å². The molecule has 9 heteroatoms. The smallest absolute Gasteiger partial charge is 0.266 e. The van der Waals surface area contributed by atoms with Crippen molar-refractivity contribution in [1.29, 1.82) is 0 Å². The van der Waals surface area contributed by atoms with Crippen molar-refractivity contribution in [1.82, 2.24) is 19.7 Å². The van der Waals surface area contributed by atoms with E-state index in [9.17, 15) is 8.42 Å². The molecule has 0 bridgehead atoms. The van der Waals surface area contributed by atoms with Gasteiger partial charge in [-0.25, -0.2) is 18.4 Å². The van der Waals surface area contributed by atoms with Gasteiger partial charge in [-0.3, -0.25) is 9.40 Å². The molecule has 0 saturated carbocycles. The molecule has 0 radical (unpaired) electrons. The van der Waals surface area contributed by atoms with Crippen LogP contribution in [0.3, 0.4) is 0 Å². The van der Waals surface area contributed by atoms with Crippen LogP contribution < -0.4 is 10.5 Å². The minimum atomic E-state index is -3.71. The molecular weight excluding hydrogens is 244 g/mol. The first-order valence-corrected chi connectivity index (χ1v) is 6.06. The fraction of sp³-hybridized carbons (Fsp3) is 0.125. The Kier molecular flexibility index (Phi) is 2.68. The third-order valence-corrected chi connectivity index (χ3v) is 3.33. The summed E-state index contributed by atoms with van der Waals surface area (Å²) in [5.74, 6) is 0.367. The number of aromatic nitrogens is 4. The number of nitrogens with two attached hydrogens (primary N) is 1. The maximum Gasteiger partial charge on any atom is 0.266 e. The lowest BCUT2D eigenvalue weighted by Crippen LogP contribution is -2.16. The zero-order valence-electron chi connectivity index (χ0n) is 8.90. The van der Waals surface area contributed by atoms with Crippen LogP contribution in [0.15, 0.2) is 29.6 Å². The van der Waals surface area contributed by atoms with Crippen LogP contribution >= 0.6 is 0 Å². The molecular formula is C8H10N6O2S. The Hall–Kier alpha value is -2.16. The lowest BCUT2D eigenvalue weighted by Gasteiger charge is -2.07. The SMILES string of the molecule is Cn1nccc1NS(=O)(=O)c1cnc(N)nc1. The molecule has 0 unspecified atom stereocenters. The van der Waals surface area contributed by atoms with Gasteiger partial charge in [0.1, 0.15) is 10.7 Å². The standard InChI is InChI=1S/C8H10N6O2S/c1-14-7(2-3-12-14)13-17(15,16)6-4-10-8(9)11-5-6/h2-5,13H,1H3,(H2,9,10,11). The van der Waals surface area contributed by atoms with Gasteiger partial charge in [0.15, 0.2) is 0 Å². The topological polar surface area (TPSA) is 116 Å². The predicted molar refractivity (Wildman–Crippen MR) is 60.5 cm³/mol. The van der Waals surface area contributed by atoms with Crippen molar-refractivity contribution in [2.24, 2.45) is 7.05 Å². The lowest BCUT2D eigenvalue weighted by atomic mass is 10.7. The second-order valence-corrected chi connectivity index (χ2v) is 4.90. The maximum atomic E-state index is 11.9. The Labute approximate surface area is 97.6 Å². The van der Waals surface area contributed by atoms with Crippen LogP contribution in [0, 0.1) is 0 Å². The van der Waals surface area contributed by atoms with Crippen LogP contribution in [0.4, 0.5) is 11.8 Å². The lowest BCUT2D eigenvalue weighted by molar-refractivity contribution is 0.599. The van der Waals surface area contributed by atoms with Crippen molar-refractivity contribution in [3.63, 3.8) is 0 Å². The van der Waals surface area contributed by atoms with Gasteiger partial charge in [-0.15, -0.1) is 0 Å². The molecule has 3 N–H and O–H groups in total. The van der Waals surface area contributed by atoms with Crippen LogP contribution in [0.1, 0.15) is 0 Å². The van der Waals surface area contributed by atoms with Crippen molar-refractivity contribution in [3.8, 4) is 0 Å². The first-order valence-electron chi connectivity index (χ1n) is 4.57. The van der Waals surface area contributed by atoms with Gasteiger partial charge < -0.3 is 5.73 Å². The first kappa shape index (κ1) is 11.3. The molecule has 90 valence electrons. The number of aryl methyl sites for hydroxylation is 1. The Balaban J connectivity index is 2.31. The molecule has 17 heavy (non-hydrogen) atoms. The van der Waals surface area contributed by atoms with E-state index in [1.807, 2.05) is 0 Å². The molecule has 0 spiro atoms. The number of nitrogen functional groups attached to an aromatic ring is 1. The Morgan fingerprint density at radius 2 is 2.00 bits per heavy atom. The molecule has 2 rings (SSSR count). The summed E-state index contributed by atoms with van der Waals surface area (Å²) in [6.45, 7) is 0. The summed E-state index contributed by atoms with van der Waals surface area (Å²) >= 11 is 0. The molecule has 0 atom stereocenters. The van der Waals surface area contributed by atoms with Crippen molar-refractivity contribution in [3.05, 3.63) is 24.7 Å². The molecule has 2 aromatic heterocycles. The zero-order valence-corrected chi connectivity index (χ0v) is 9.72. The number of nitrogens with zero attached hydrogens (tertiary/aromatic N) is 4. The summed E-state index contributed by atoms with van der Waals surface area (Å²) in [7, 11) is -2.09. The zero-order chi connectivity index (χ0) is 12.5. The van der Waals surface area contributed by atoms with Gasteiger partial charge in [-0.1, -0.05) is 0 Å². The predicted octanol–water partition coefficient (Wildman–Crippen LogP) is -0.407. The molecule has 8 nitrogen and oxygen atoms in total. The van der Waals surface area contributed by atoms with Gasteiger partial charge in [0.2, 0.25) is 5.95 Å². The molecule has 0 saturated heterocycles. The van der Waals surface area contributed by atoms with Crippen LogP contribution in [0.5, 0.6) is 0 Å². The first-order chi connectivity index (χ1) is 7.99. The van der Waals surface area contributed by atoms with E-state index in [1.54, 1.807) is 7.05 Å². The van der Waals surface area contributed by atoms with E-state index >= 15 is 0 Å². The van der Waals surface area contributed by atoms with Gasteiger partial charge in [0, 0.05) is 13.1 Å². The van der Waals surface area contributed by atoms with E-state index < -0.39 is 10.0 Å². The maximum absolute atomic E-state index is 11.9. The summed E-state index contributed by atoms with van der Waals surface area (Å²) in [5, 5.41) is 3.85. The monoisotopic (exact) mass is 254 g/mol. The highest BCUT2D eigenvalue weighted by Crippen LogP contribution is 2.13. The average molecular weight is 254 g/mol. The molecule has 0 amide bonds. The summed E-state index contributed by atoms with van der Waals surface area (Å²) in [6.07, 6.45) is 3.76. The Morgan fingerprint density at radius 1 is 1.35 bits per heavy atom. The summed E-state index contributed by atoms with van der Waals surface area (Å²) in [6, 6.07) is 1.54. The van der Waals surface area contributed by atoms with Crippen LogP contribution in [-0.2, 0) is 17.1 Å². The number of nitrogens with one attached hydrogen (secondary N) is 1. The van der Waals surface area contributed by atoms with Gasteiger partial charge in [-0.2, -0.15) is 5.10 Å². The highest BCUT2D eigenvalue weighted by molar-refractivity contribution is 7.92. The second-order valence-electron chi connectivity index (χ2n) is 3.22. The quantitative estimate of drug-likeness (QED) is 0.769. The molecule has 0 aliphatic rings. The van der Waals surface area contributed by atoms with Crippen LogP contribution in [0.2, 0.25) is 0 Å². The van der Waals surface area contributed by atoms with E-state index in [0.717, 1.165) is 12.4 Å². The molecule has 0 aromatic carbocycles. The van der Waals surface area contributed by atoms with E-state index in [1.165, 1.54) is 16.9 Å². The molecule has 0 fully saturated rings. The average Bonchev–Trinajstić information content (AvgIpc) is 2.64. The van der Waals surface area contributed by atoms with Crippen LogP contribution in [-0.4, -0.2) is 28.2 Å². The number of rotatable bonds is 3. The number of hydrogen-bond acceptors (Lipinski definition) is 6. The highest BCUT2D eigenvalue weighted by atomic mass is 32.2. The second kappa shape index (κ2) is 4.01. The largest absolute Gasteiger partial charge is 0.368 e. The highest BCUT2D eigenvalue weighted by Gasteiger charge is 2.16. The van der Waals surface area contributed by atoms with E-state index in [0.29, 0.717) is 5.82 Å².